The molecule has 0 saturated carbocycles. The molecule has 5 heteroatoms. The standard InChI is InChI=1S/C19H23N3O2/c1-15-20-19(21-24-15)17-11-7-13-22(14-17)18(23)12-6-5-10-16-8-3-2-4-9-16/h2-5,8-10,17H,6-7,11-14H2,1H3/b10-5+. The summed E-state index contributed by atoms with van der Waals surface area (Å²) in [6, 6.07) is 10.1. The van der Waals surface area contributed by atoms with Gasteiger partial charge in [0.05, 0.1) is 0 Å². The molecule has 1 fully saturated rings. The highest BCUT2D eigenvalue weighted by atomic mass is 16.5. The summed E-state index contributed by atoms with van der Waals surface area (Å²) in [6.07, 6.45) is 7.43. The van der Waals surface area contributed by atoms with Crippen LogP contribution < -0.4 is 0 Å². The van der Waals surface area contributed by atoms with E-state index in [-0.39, 0.29) is 11.8 Å². The van der Waals surface area contributed by atoms with Gasteiger partial charge in [0.15, 0.2) is 5.82 Å². The number of hydrogen-bond acceptors (Lipinski definition) is 4. The third-order valence-electron chi connectivity index (χ3n) is 4.32. The molecule has 0 aliphatic carbocycles. The van der Waals surface area contributed by atoms with Crippen LogP contribution in [0.25, 0.3) is 6.08 Å². The van der Waals surface area contributed by atoms with Gasteiger partial charge in [-0.15, -0.1) is 0 Å². The Labute approximate surface area is 142 Å². The number of aryl methyl sites for hydroxylation is 1. The second-order valence-corrected chi connectivity index (χ2v) is 6.20. The summed E-state index contributed by atoms with van der Waals surface area (Å²) in [5, 5.41) is 4.01. The van der Waals surface area contributed by atoms with Crippen molar-refractivity contribution in [3.05, 3.63) is 53.7 Å². The highest BCUT2D eigenvalue weighted by molar-refractivity contribution is 5.76. The number of benzene rings is 1. The van der Waals surface area contributed by atoms with Crippen molar-refractivity contribution in [1.82, 2.24) is 15.0 Å². The lowest BCUT2D eigenvalue weighted by Crippen LogP contribution is -2.39. The first-order valence-corrected chi connectivity index (χ1v) is 8.52. The number of amides is 1. The van der Waals surface area contributed by atoms with Gasteiger partial charge < -0.3 is 9.42 Å². The van der Waals surface area contributed by atoms with E-state index in [4.69, 9.17) is 4.52 Å². The van der Waals surface area contributed by atoms with E-state index < -0.39 is 0 Å². The predicted molar refractivity (Wildman–Crippen MR) is 92.3 cm³/mol. The maximum absolute atomic E-state index is 12.4. The van der Waals surface area contributed by atoms with Crippen molar-refractivity contribution in [2.45, 2.75) is 38.5 Å². The summed E-state index contributed by atoms with van der Waals surface area (Å²) >= 11 is 0. The van der Waals surface area contributed by atoms with E-state index in [1.165, 1.54) is 0 Å². The van der Waals surface area contributed by atoms with Crippen molar-refractivity contribution >= 4 is 12.0 Å². The van der Waals surface area contributed by atoms with E-state index in [0.717, 1.165) is 37.2 Å². The van der Waals surface area contributed by atoms with Crippen LogP contribution in [-0.4, -0.2) is 34.0 Å². The first-order valence-electron chi connectivity index (χ1n) is 8.52. The molecule has 1 amide bonds. The lowest BCUT2D eigenvalue weighted by Gasteiger charge is -2.31. The maximum atomic E-state index is 12.4. The molecule has 1 aromatic heterocycles. The summed E-state index contributed by atoms with van der Waals surface area (Å²) in [7, 11) is 0. The zero-order chi connectivity index (χ0) is 16.8. The largest absolute Gasteiger partial charge is 0.342 e. The first-order chi connectivity index (χ1) is 11.7. The molecule has 1 saturated heterocycles. The van der Waals surface area contributed by atoms with Gasteiger partial charge in [-0.1, -0.05) is 47.6 Å². The molecule has 2 aromatic rings. The summed E-state index contributed by atoms with van der Waals surface area (Å²) in [5.74, 6) is 1.71. The molecule has 1 aliphatic rings. The summed E-state index contributed by atoms with van der Waals surface area (Å²) in [4.78, 5) is 18.7. The number of hydrogen-bond donors (Lipinski definition) is 0. The van der Waals surface area contributed by atoms with E-state index in [1.54, 1.807) is 6.92 Å². The van der Waals surface area contributed by atoms with Crippen LogP contribution in [0.4, 0.5) is 0 Å². The van der Waals surface area contributed by atoms with Crippen LogP contribution in [0, 0.1) is 6.92 Å². The Morgan fingerprint density at radius 2 is 2.21 bits per heavy atom. The summed E-state index contributed by atoms with van der Waals surface area (Å²) < 4.78 is 5.06. The molecule has 0 bridgehead atoms. The minimum absolute atomic E-state index is 0.194. The number of carbonyl (C=O) groups is 1. The smallest absolute Gasteiger partial charge is 0.223 e. The number of allylic oxidation sites excluding steroid dienone is 1. The Bertz CT molecular complexity index is 694. The van der Waals surface area contributed by atoms with Crippen molar-refractivity contribution in [2.24, 2.45) is 0 Å². The van der Waals surface area contributed by atoms with Crippen molar-refractivity contribution in [1.29, 1.82) is 0 Å². The van der Waals surface area contributed by atoms with Gasteiger partial charge in [-0.25, -0.2) is 0 Å². The third-order valence-corrected chi connectivity index (χ3v) is 4.32. The second kappa shape index (κ2) is 7.90. The van der Waals surface area contributed by atoms with Gasteiger partial charge in [0, 0.05) is 32.4 Å². The van der Waals surface area contributed by atoms with Crippen LogP contribution in [0.15, 0.2) is 40.9 Å². The fraction of sp³-hybridized carbons (Fsp3) is 0.421. The topological polar surface area (TPSA) is 59.2 Å². The molecule has 24 heavy (non-hydrogen) atoms. The minimum atomic E-state index is 0.194. The molecule has 1 aliphatic heterocycles. The lowest BCUT2D eigenvalue weighted by molar-refractivity contribution is -0.132. The van der Waals surface area contributed by atoms with Crippen molar-refractivity contribution in [3.8, 4) is 0 Å². The molecular weight excluding hydrogens is 302 g/mol. The number of rotatable bonds is 5. The fourth-order valence-corrected chi connectivity index (χ4v) is 3.04. The normalized spacial score (nSPS) is 18.2. The molecule has 3 rings (SSSR count). The third kappa shape index (κ3) is 4.31. The van der Waals surface area contributed by atoms with Crippen LogP contribution in [0.5, 0.6) is 0 Å². The van der Waals surface area contributed by atoms with Crippen molar-refractivity contribution in [2.75, 3.05) is 13.1 Å². The maximum Gasteiger partial charge on any atom is 0.223 e. The molecule has 126 valence electrons. The zero-order valence-corrected chi connectivity index (χ0v) is 14.0. The molecule has 5 nitrogen and oxygen atoms in total. The van der Waals surface area contributed by atoms with E-state index in [1.807, 2.05) is 23.1 Å². The van der Waals surface area contributed by atoms with Crippen LogP contribution in [0.1, 0.15) is 48.9 Å². The van der Waals surface area contributed by atoms with Gasteiger partial charge in [0.1, 0.15) is 0 Å². The molecule has 1 atom stereocenters. The molecule has 1 unspecified atom stereocenters. The van der Waals surface area contributed by atoms with E-state index in [0.29, 0.717) is 18.9 Å². The highest BCUT2D eigenvalue weighted by Crippen LogP contribution is 2.25. The Morgan fingerprint density at radius 3 is 2.96 bits per heavy atom. The molecular formula is C19H23N3O2. The number of nitrogens with zero attached hydrogens (tertiary/aromatic N) is 3. The highest BCUT2D eigenvalue weighted by Gasteiger charge is 2.27. The van der Waals surface area contributed by atoms with Gasteiger partial charge in [-0.3, -0.25) is 4.79 Å². The lowest BCUT2D eigenvalue weighted by atomic mass is 9.97. The Morgan fingerprint density at radius 1 is 1.38 bits per heavy atom. The molecule has 0 N–H and O–H groups in total. The second-order valence-electron chi connectivity index (χ2n) is 6.20. The van der Waals surface area contributed by atoms with Gasteiger partial charge in [0.2, 0.25) is 11.8 Å². The Kier molecular flexibility index (Phi) is 5.41. The van der Waals surface area contributed by atoms with Gasteiger partial charge >= 0.3 is 0 Å². The number of aromatic nitrogens is 2. The molecule has 0 spiro atoms. The number of piperidine rings is 1. The van der Waals surface area contributed by atoms with E-state index in [2.05, 4.69) is 34.4 Å². The molecule has 0 radical (unpaired) electrons. The van der Waals surface area contributed by atoms with Crippen LogP contribution >= 0.6 is 0 Å². The fourth-order valence-electron chi connectivity index (χ4n) is 3.04. The number of likely N-dealkylation sites (tertiary alicyclic amines) is 1. The first kappa shape index (κ1) is 16.4. The average Bonchev–Trinajstić information content (AvgIpc) is 3.06. The van der Waals surface area contributed by atoms with Gasteiger partial charge in [0.25, 0.3) is 0 Å². The number of carbonyl (C=O) groups excluding carboxylic acids is 1. The summed E-state index contributed by atoms with van der Waals surface area (Å²) in [6.45, 7) is 3.32. The Hall–Kier alpha value is -2.43. The van der Waals surface area contributed by atoms with Crippen LogP contribution in [0.2, 0.25) is 0 Å². The predicted octanol–water partition coefficient (Wildman–Crippen LogP) is 3.58. The minimum Gasteiger partial charge on any atom is -0.342 e. The van der Waals surface area contributed by atoms with E-state index in [9.17, 15) is 4.79 Å². The molecule has 2 heterocycles. The quantitative estimate of drug-likeness (QED) is 0.843. The Balaban J connectivity index is 1.48. The van der Waals surface area contributed by atoms with Crippen LogP contribution in [-0.2, 0) is 4.79 Å². The molecule has 1 aromatic carbocycles. The van der Waals surface area contributed by atoms with Gasteiger partial charge in [-0.2, -0.15) is 4.98 Å². The van der Waals surface area contributed by atoms with Crippen molar-refractivity contribution in [3.63, 3.8) is 0 Å². The van der Waals surface area contributed by atoms with Crippen molar-refractivity contribution < 1.29 is 9.32 Å². The van der Waals surface area contributed by atoms with Crippen LogP contribution in [0.3, 0.4) is 0 Å². The van der Waals surface area contributed by atoms with E-state index >= 15 is 0 Å². The summed E-state index contributed by atoms with van der Waals surface area (Å²) in [5.41, 5.74) is 1.16. The SMILES string of the molecule is Cc1nc(C2CCCN(C(=O)CC/C=C/c3ccccc3)C2)no1. The zero-order valence-electron chi connectivity index (χ0n) is 14.0. The van der Waals surface area contributed by atoms with Gasteiger partial charge in [-0.05, 0) is 24.8 Å². The monoisotopic (exact) mass is 325 g/mol. The average molecular weight is 325 g/mol.